The van der Waals surface area contributed by atoms with Crippen LogP contribution in [-0.2, 0) is 0 Å². The minimum atomic E-state index is -0.732. The van der Waals surface area contributed by atoms with Gasteiger partial charge < -0.3 is 5.11 Å². The van der Waals surface area contributed by atoms with Gasteiger partial charge in [0.15, 0.2) is 0 Å². The van der Waals surface area contributed by atoms with E-state index >= 15 is 0 Å². The van der Waals surface area contributed by atoms with Gasteiger partial charge in [-0.05, 0) is 23.8 Å². The first kappa shape index (κ1) is 12.4. The average molecular weight is 338 g/mol. The van der Waals surface area contributed by atoms with E-state index in [0.717, 1.165) is 10.0 Å². The van der Waals surface area contributed by atoms with Gasteiger partial charge in [-0.15, -0.1) is 11.3 Å². The largest absolute Gasteiger partial charge is 0.384 e. The van der Waals surface area contributed by atoms with Crippen LogP contribution in [0.25, 0.3) is 0 Å². The van der Waals surface area contributed by atoms with Crippen LogP contribution in [0.4, 0.5) is 0 Å². The van der Waals surface area contributed by atoms with Crippen molar-refractivity contribution in [2.45, 2.75) is 6.10 Å². The zero-order chi connectivity index (χ0) is 11.7. The second kappa shape index (κ2) is 5.07. The molecule has 1 atom stereocenters. The van der Waals surface area contributed by atoms with Gasteiger partial charge in [-0.2, -0.15) is 0 Å². The maximum Gasteiger partial charge on any atom is 0.106 e. The molecule has 2 aromatic rings. The van der Waals surface area contributed by atoms with Crippen LogP contribution >= 0.6 is 50.5 Å². The summed E-state index contributed by atoms with van der Waals surface area (Å²) in [6, 6.07) is 9.13. The van der Waals surface area contributed by atoms with Crippen LogP contribution in [0.2, 0.25) is 8.67 Å². The third-order valence-corrected chi connectivity index (χ3v) is 4.21. The van der Waals surface area contributed by atoms with E-state index in [1.807, 2.05) is 24.3 Å². The van der Waals surface area contributed by atoms with E-state index < -0.39 is 6.10 Å². The first-order valence-electron chi connectivity index (χ1n) is 4.46. The summed E-state index contributed by atoms with van der Waals surface area (Å²) in [5.74, 6) is 0. The molecule has 1 heterocycles. The van der Waals surface area contributed by atoms with Crippen LogP contribution in [0.3, 0.4) is 0 Å². The van der Waals surface area contributed by atoms with Crippen molar-refractivity contribution in [2.24, 2.45) is 0 Å². The van der Waals surface area contributed by atoms with Crippen molar-refractivity contribution < 1.29 is 5.11 Å². The molecule has 0 radical (unpaired) electrons. The number of halogens is 3. The Kier molecular flexibility index (Phi) is 3.93. The Bertz CT molecular complexity index is 495. The Morgan fingerprint density at radius 3 is 2.31 bits per heavy atom. The van der Waals surface area contributed by atoms with Gasteiger partial charge in [-0.1, -0.05) is 51.3 Å². The van der Waals surface area contributed by atoms with Crippen LogP contribution in [0.1, 0.15) is 17.2 Å². The van der Waals surface area contributed by atoms with Gasteiger partial charge in [0, 0.05) is 10.0 Å². The fourth-order valence-electron chi connectivity index (χ4n) is 1.36. The van der Waals surface area contributed by atoms with Gasteiger partial charge in [-0.3, -0.25) is 0 Å². The van der Waals surface area contributed by atoms with Gasteiger partial charge >= 0.3 is 0 Å². The summed E-state index contributed by atoms with van der Waals surface area (Å²) in [6.07, 6.45) is -0.732. The lowest BCUT2D eigenvalue weighted by Crippen LogP contribution is -1.97. The van der Waals surface area contributed by atoms with Crippen molar-refractivity contribution in [3.63, 3.8) is 0 Å². The van der Waals surface area contributed by atoms with Gasteiger partial charge in [0.05, 0.1) is 4.34 Å². The summed E-state index contributed by atoms with van der Waals surface area (Å²) < 4.78 is 2.08. The number of hydrogen-bond acceptors (Lipinski definition) is 2. The normalized spacial score (nSPS) is 12.8. The molecule has 0 bridgehead atoms. The Labute approximate surface area is 116 Å². The van der Waals surface area contributed by atoms with Crippen LogP contribution < -0.4 is 0 Å². The summed E-state index contributed by atoms with van der Waals surface area (Å²) in [6.45, 7) is 0. The molecular formula is C11H7BrCl2OS. The highest BCUT2D eigenvalue weighted by Crippen LogP contribution is 2.37. The van der Waals surface area contributed by atoms with Crippen LogP contribution in [0.5, 0.6) is 0 Å². The van der Waals surface area contributed by atoms with E-state index in [4.69, 9.17) is 23.2 Å². The van der Waals surface area contributed by atoms with Gasteiger partial charge in [0.25, 0.3) is 0 Å². The number of benzene rings is 1. The molecule has 0 fully saturated rings. The summed E-state index contributed by atoms with van der Waals surface area (Å²) in [7, 11) is 0. The first-order valence-corrected chi connectivity index (χ1v) is 6.82. The zero-order valence-corrected chi connectivity index (χ0v) is 11.9. The molecule has 1 N–H and O–H groups in total. The maximum absolute atomic E-state index is 10.1. The average Bonchev–Trinajstić information content (AvgIpc) is 2.58. The monoisotopic (exact) mass is 336 g/mol. The topological polar surface area (TPSA) is 20.2 Å². The number of aliphatic hydroxyl groups is 1. The van der Waals surface area contributed by atoms with Crippen LogP contribution in [0.15, 0.2) is 34.8 Å². The Morgan fingerprint density at radius 1 is 1.19 bits per heavy atom. The predicted octanol–water partition coefficient (Wildman–Crippen LogP) is 4.90. The minimum absolute atomic E-state index is 0.528. The number of hydrogen-bond donors (Lipinski definition) is 1. The minimum Gasteiger partial charge on any atom is -0.384 e. The smallest absolute Gasteiger partial charge is 0.106 e. The predicted molar refractivity (Wildman–Crippen MR) is 72.5 cm³/mol. The first-order chi connectivity index (χ1) is 7.58. The Morgan fingerprint density at radius 2 is 1.81 bits per heavy atom. The number of aliphatic hydroxyl groups excluding tert-OH is 1. The zero-order valence-electron chi connectivity index (χ0n) is 7.95. The standard InChI is InChI=1S/C11H7BrCl2OS/c12-7-3-1-6(2-4-7)10(15)8-5-9(13)16-11(8)14/h1-5,10,15H. The number of thiophene rings is 1. The second-order valence-corrected chi connectivity index (χ2v) is 6.43. The van der Waals surface area contributed by atoms with Gasteiger partial charge in [0.1, 0.15) is 10.4 Å². The SMILES string of the molecule is OC(c1ccc(Br)cc1)c1cc(Cl)sc1Cl. The van der Waals surface area contributed by atoms with Crippen LogP contribution in [-0.4, -0.2) is 5.11 Å². The van der Waals surface area contributed by atoms with E-state index in [0.29, 0.717) is 14.2 Å². The third kappa shape index (κ3) is 2.60. The molecule has 5 heteroatoms. The van der Waals surface area contributed by atoms with Crippen molar-refractivity contribution in [1.29, 1.82) is 0 Å². The molecule has 1 aromatic carbocycles. The molecular weight excluding hydrogens is 331 g/mol. The van der Waals surface area contributed by atoms with Gasteiger partial charge in [-0.25, -0.2) is 0 Å². The Balaban J connectivity index is 2.35. The molecule has 0 aliphatic heterocycles. The maximum atomic E-state index is 10.1. The Hall–Kier alpha value is -0.0600. The molecule has 16 heavy (non-hydrogen) atoms. The second-order valence-electron chi connectivity index (χ2n) is 3.23. The fourth-order valence-corrected chi connectivity index (χ4v) is 3.15. The lowest BCUT2D eigenvalue weighted by molar-refractivity contribution is 0.221. The lowest BCUT2D eigenvalue weighted by Gasteiger charge is -2.09. The van der Waals surface area contributed by atoms with Crippen molar-refractivity contribution in [2.75, 3.05) is 0 Å². The molecule has 0 spiro atoms. The van der Waals surface area contributed by atoms with Gasteiger partial charge in [0.2, 0.25) is 0 Å². The summed E-state index contributed by atoms with van der Waals surface area (Å²) in [5.41, 5.74) is 1.44. The number of rotatable bonds is 2. The highest BCUT2D eigenvalue weighted by Gasteiger charge is 2.16. The summed E-state index contributed by atoms with van der Waals surface area (Å²) in [5, 5.41) is 10.1. The molecule has 2 rings (SSSR count). The molecule has 0 aliphatic rings. The third-order valence-electron chi connectivity index (χ3n) is 2.16. The molecule has 84 valence electrons. The summed E-state index contributed by atoms with van der Waals surface area (Å²) >= 11 is 16.4. The fraction of sp³-hybridized carbons (Fsp3) is 0.0909. The molecule has 1 unspecified atom stereocenters. The van der Waals surface area contributed by atoms with E-state index in [1.165, 1.54) is 11.3 Å². The highest BCUT2D eigenvalue weighted by molar-refractivity contribution is 9.10. The highest BCUT2D eigenvalue weighted by atomic mass is 79.9. The molecule has 0 amide bonds. The van der Waals surface area contributed by atoms with Crippen molar-refractivity contribution in [1.82, 2.24) is 0 Å². The molecule has 1 aromatic heterocycles. The van der Waals surface area contributed by atoms with E-state index in [2.05, 4.69) is 15.9 Å². The molecule has 0 saturated carbocycles. The van der Waals surface area contributed by atoms with Crippen LogP contribution in [0, 0.1) is 0 Å². The quantitative estimate of drug-likeness (QED) is 0.826. The van der Waals surface area contributed by atoms with Crippen molar-refractivity contribution in [3.8, 4) is 0 Å². The summed E-state index contributed by atoms with van der Waals surface area (Å²) in [4.78, 5) is 0. The molecule has 1 nitrogen and oxygen atoms in total. The van der Waals surface area contributed by atoms with Crippen molar-refractivity contribution in [3.05, 3.63) is 54.6 Å². The van der Waals surface area contributed by atoms with E-state index in [-0.39, 0.29) is 0 Å². The van der Waals surface area contributed by atoms with E-state index in [9.17, 15) is 5.11 Å². The van der Waals surface area contributed by atoms with E-state index in [1.54, 1.807) is 6.07 Å². The molecule has 0 aliphatic carbocycles. The molecule has 0 saturated heterocycles. The van der Waals surface area contributed by atoms with Crippen molar-refractivity contribution >= 4 is 50.5 Å². The lowest BCUT2D eigenvalue weighted by atomic mass is 10.0.